The third kappa shape index (κ3) is 16.7. The van der Waals surface area contributed by atoms with Crippen LogP contribution in [-0.2, 0) is 25.4 Å². The second kappa shape index (κ2) is 20.3. The lowest BCUT2D eigenvalue weighted by atomic mass is 10.0. The predicted molar refractivity (Wildman–Crippen MR) is 126 cm³/mol. The van der Waals surface area contributed by atoms with Crippen molar-refractivity contribution in [1.29, 1.82) is 0 Å². The molecule has 0 N–H and O–H groups in total. The Bertz CT molecular complexity index is 529. The molecule has 0 radical (unpaired) electrons. The highest BCUT2D eigenvalue weighted by atomic mass is 16.6. The number of benzene rings is 1. The predicted octanol–water partition coefficient (Wildman–Crippen LogP) is 6.13. The molecule has 0 bridgehead atoms. The van der Waals surface area contributed by atoms with E-state index in [1.165, 1.54) is 44.1 Å². The molecule has 0 saturated carbocycles. The molecule has 1 aromatic carbocycles. The third-order valence-electron chi connectivity index (χ3n) is 5.09. The van der Waals surface area contributed by atoms with Gasteiger partial charge in [0.25, 0.3) is 0 Å². The van der Waals surface area contributed by atoms with E-state index in [0.717, 1.165) is 31.4 Å². The van der Waals surface area contributed by atoms with Gasteiger partial charge in [0.15, 0.2) is 0 Å². The Balaban J connectivity index is 1.91. The van der Waals surface area contributed by atoms with E-state index in [1.54, 1.807) is 0 Å². The number of carbonyl (C=O) groups excluding carboxylic acids is 1. The van der Waals surface area contributed by atoms with Gasteiger partial charge in [-0.25, -0.2) is 0 Å². The quantitative estimate of drug-likeness (QED) is 0.171. The number of hydrogen-bond acceptors (Lipinski definition) is 5. The molecule has 0 fully saturated rings. The molecule has 0 amide bonds. The summed E-state index contributed by atoms with van der Waals surface area (Å²) in [6.07, 6.45) is 12.7. The highest BCUT2D eigenvalue weighted by Crippen LogP contribution is 2.15. The average Bonchev–Trinajstić information content (AvgIpc) is 2.78. The van der Waals surface area contributed by atoms with E-state index in [4.69, 9.17) is 18.9 Å². The number of hydrogen-bond donors (Lipinski definition) is 0. The summed E-state index contributed by atoms with van der Waals surface area (Å²) in [5.41, 5.74) is 1.38. The van der Waals surface area contributed by atoms with Crippen molar-refractivity contribution in [3.8, 4) is 5.75 Å². The topological polar surface area (TPSA) is 54.0 Å². The number of carbonyl (C=O) groups is 1. The van der Waals surface area contributed by atoms with E-state index < -0.39 is 0 Å². The van der Waals surface area contributed by atoms with Crippen molar-refractivity contribution in [3.63, 3.8) is 0 Å². The first-order chi connectivity index (χ1) is 15.3. The number of rotatable bonds is 21. The van der Waals surface area contributed by atoms with Crippen LogP contribution in [0.1, 0.15) is 83.6 Å². The minimum Gasteiger partial charge on any atom is -0.491 e. The van der Waals surface area contributed by atoms with Crippen molar-refractivity contribution in [2.24, 2.45) is 0 Å². The first-order valence-corrected chi connectivity index (χ1v) is 12.3. The van der Waals surface area contributed by atoms with Crippen molar-refractivity contribution in [1.82, 2.24) is 0 Å². The van der Waals surface area contributed by atoms with Crippen molar-refractivity contribution < 1.29 is 23.7 Å². The molecule has 1 aromatic rings. The summed E-state index contributed by atoms with van der Waals surface area (Å²) < 4.78 is 21.7. The molecule has 0 atom stereocenters. The summed E-state index contributed by atoms with van der Waals surface area (Å²) in [5.74, 6) is 0.744. The summed E-state index contributed by atoms with van der Waals surface area (Å²) in [7, 11) is 0. The maximum Gasteiger partial charge on any atom is 0.305 e. The second-order valence-electron chi connectivity index (χ2n) is 7.91. The lowest BCUT2D eigenvalue weighted by Gasteiger charge is -2.09. The Morgan fingerprint density at radius 3 is 1.97 bits per heavy atom. The van der Waals surface area contributed by atoms with Gasteiger partial charge < -0.3 is 18.9 Å². The SMILES string of the molecule is CCCCCCCCc1ccc(OCCOCCOCCOC(=O)CCCCC)cc1. The van der Waals surface area contributed by atoms with Gasteiger partial charge in [0.2, 0.25) is 0 Å². The van der Waals surface area contributed by atoms with Crippen LogP contribution in [0, 0.1) is 0 Å². The van der Waals surface area contributed by atoms with Gasteiger partial charge in [-0.05, 0) is 37.0 Å². The van der Waals surface area contributed by atoms with Crippen LogP contribution in [0.4, 0.5) is 0 Å². The van der Waals surface area contributed by atoms with Gasteiger partial charge in [0, 0.05) is 6.42 Å². The van der Waals surface area contributed by atoms with Gasteiger partial charge in [-0.15, -0.1) is 0 Å². The molecule has 5 nitrogen and oxygen atoms in total. The van der Waals surface area contributed by atoms with Crippen molar-refractivity contribution in [2.45, 2.75) is 84.5 Å². The van der Waals surface area contributed by atoms with Crippen LogP contribution < -0.4 is 4.74 Å². The fraction of sp³-hybridized carbons (Fsp3) is 0.731. The molecule has 0 heterocycles. The first kappa shape index (κ1) is 27.4. The van der Waals surface area contributed by atoms with Gasteiger partial charge in [0.1, 0.15) is 19.0 Å². The highest BCUT2D eigenvalue weighted by Gasteiger charge is 2.02. The Morgan fingerprint density at radius 2 is 1.26 bits per heavy atom. The molecule has 1 rings (SSSR count). The van der Waals surface area contributed by atoms with Crippen LogP contribution in [0.25, 0.3) is 0 Å². The molecule has 0 spiro atoms. The fourth-order valence-corrected chi connectivity index (χ4v) is 3.21. The van der Waals surface area contributed by atoms with Crippen molar-refractivity contribution in [3.05, 3.63) is 29.8 Å². The summed E-state index contributed by atoms with van der Waals surface area (Å²) in [5, 5.41) is 0. The standard InChI is InChI=1S/C26H44O5/c1-3-5-7-8-9-11-12-24-14-16-25(17-15-24)30-22-20-28-18-19-29-21-23-31-26(27)13-10-6-4-2/h14-17H,3-13,18-23H2,1-2H3. The Hall–Kier alpha value is -1.59. The van der Waals surface area contributed by atoms with E-state index in [-0.39, 0.29) is 5.97 Å². The van der Waals surface area contributed by atoms with Gasteiger partial charge in [-0.2, -0.15) is 0 Å². The van der Waals surface area contributed by atoms with E-state index in [9.17, 15) is 4.79 Å². The number of unbranched alkanes of at least 4 members (excludes halogenated alkanes) is 7. The maximum atomic E-state index is 11.4. The maximum absolute atomic E-state index is 11.4. The van der Waals surface area contributed by atoms with Crippen LogP contribution in [-0.4, -0.2) is 45.6 Å². The van der Waals surface area contributed by atoms with Gasteiger partial charge in [0.05, 0.1) is 26.4 Å². The molecule has 0 aromatic heterocycles. The van der Waals surface area contributed by atoms with Gasteiger partial charge in [-0.1, -0.05) is 70.9 Å². The van der Waals surface area contributed by atoms with Crippen molar-refractivity contribution in [2.75, 3.05) is 39.6 Å². The van der Waals surface area contributed by atoms with E-state index in [0.29, 0.717) is 46.1 Å². The molecule has 0 aliphatic rings. The van der Waals surface area contributed by atoms with Gasteiger partial charge in [-0.3, -0.25) is 4.79 Å². The molecule has 0 aliphatic heterocycles. The normalized spacial score (nSPS) is 10.9. The number of esters is 1. The zero-order chi connectivity index (χ0) is 22.4. The average molecular weight is 437 g/mol. The van der Waals surface area contributed by atoms with Crippen LogP contribution in [0.15, 0.2) is 24.3 Å². The summed E-state index contributed by atoms with van der Waals surface area (Å²) in [4.78, 5) is 11.4. The molecular weight excluding hydrogens is 392 g/mol. The Morgan fingerprint density at radius 1 is 0.677 bits per heavy atom. The zero-order valence-corrected chi connectivity index (χ0v) is 19.9. The molecule has 5 heteroatoms. The minimum absolute atomic E-state index is 0.138. The van der Waals surface area contributed by atoms with E-state index in [2.05, 4.69) is 26.0 Å². The summed E-state index contributed by atoms with van der Waals surface area (Å²) in [6.45, 7) is 7.12. The molecule has 178 valence electrons. The molecule has 0 saturated heterocycles. The first-order valence-electron chi connectivity index (χ1n) is 12.3. The van der Waals surface area contributed by atoms with Crippen molar-refractivity contribution >= 4 is 5.97 Å². The van der Waals surface area contributed by atoms with Crippen LogP contribution in [0.5, 0.6) is 5.75 Å². The lowest BCUT2D eigenvalue weighted by molar-refractivity contribution is -0.145. The van der Waals surface area contributed by atoms with Crippen LogP contribution >= 0.6 is 0 Å². The zero-order valence-electron chi connectivity index (χ0n) is 19.9. The highest BCUT2D eigenvalue weighted by molar-refractivity contribution is 5.69. The smallest absolute Gasteiger partial charge is 0.305 e. The summed E-state index contributed by atoms with van der Waals surface area (Å²) in [6, 6.07) is 8.40. The molecule has 0 aliphatic carbocycles. The largest absolute Gasteiger partial charge is 0.491 e. The van der Waals surface area contributed by atoms with E-state index in [1.807, 2.05) is 12.1 Å². The second-order valence-corrected chi connectivity index (χ2v) is 7.91. The minimum atomic E-state index is -0.138. The molecule has 0 unspecified atom stereocenters. The molecular formula is C26H44O5. The lowest BCUT2D eigenvalue weighted by Crippen LogP contribution is -2.14. The summed E-state index contributed by atoms with van der Waals surface area (Å²) >= 11 is 0. The van der Waals surface area contributed by atoms with Crippen LogP contribution in [0.2, 0.25) is 0 Å². The Kier molecular flexibility index (Phi) is 18.0. The third-order valence-corrected chi connectivity index (χ3v) is 5.09. The van der Waals surface area contributed by atoms with E-state index >= 15 is 0 Å². The number of ether oxygens (including phenoxy) is 4. The fourth-order valence-electron chi connectivity index (χ4n) is 3.21. The monoisotopic (exact) mass is 436 g/mol. The number of aryl methyl sites for hydroxylation is 1. The Labute approximate surface area is 189 Å². The van der Waals surface area contributed by atoms with Gasteiger partial charge >= 0.3 is 5.97 Å². The van der Waals surface area contributed by atoms with Crippen LogP contribution in [0.3, 0.4) is 0 Å². The molecule has 31 heavy (non-hydrogen) atoms.